The lowest BCUT2D eigenvalue weighted by molar-refractivity contribution is -0.135. The molecule has 1 saturated carbocycles. The van der Waals surface area contributed by atoms with Crippen molar-refractivity contribution in [3.05, 3.63) is 34.2 Å². The predicted octanol–water partition coefficient (Wildman–Crippen LogP) is 1.33. The normalized spacial score (nSPS) is 27.8. The highest BCUT2D eigenvalue weighted by molar-refractivity contribution is 6.00. The number of hydrogen-bond acceptors (Lipinski definition) is 5. The fourth-order valence-electron chi connectivity index (χ4n) is 5.16. The summed E-state index contributed by atoms with van der Waals surface area (Å²) in [4.78, 5) is 37.0. The van der Waals surface area contributed by atoms with E-state index >= 15 is 0 Å². The maximum absolute atomic E-state index is 13.1. The van der Waals surface area contributed by atoms with Crippen LogP contribution in [0, 0.1) is 0 Å². The fraction of sp³-hybridized carbons (Fsp3) is 0.591. The van der Waals surface area contributed by atoms with Gasteiger partial charge in [0.15, 0.2) is 0 Å². The minimum absolute atomic E-state index is 0.214. The van der Waals surface area contributed by atoms with E-state index < -0.39 is 11.9 Å². The quantitative estimate of drug-likeness (QED) is 0.739. The van der Waals surface area contributed by atoms with Crippen LogP contribution in [0.4, 0.5) is 0 Å². The molecule has 1 aromatic heterocycles. The van der Waals surface area contributed by atoms with Crippen LogP contribution >= 0.6 is 0 Å². The highest BCUT2D eigenvalue weighted by Gasteiger charge is 2.36. The molecule has 5 rings (SSSR count). The Morgan fingerprint density at radius 2 is 1.80 bits per heavy atom. The van der Waals surface area contributed by atoms with Gasteiger partial charge in [0.05, 0.1) is 23.2 Å². The number of ether oxygens (including phenoxy) is 1. The van der Waals surface area contributed by atoms with Gasteiger partial charge < -0.3 is 10.1 Å². The number of carbonyl (C=O) groups excluding carboxylic acids is 2. The molecule has 0 bridgehead atoms. The van der Waals surface area contributed by atoms with Gasteiger partial charge in [0, 0.05) is 13.5 Å². The van der Waals surface area contributed by atoms with Crippen molar-refractivity contribution in [1.82, 2.24) is 19.8 Å². The second-order valence-electron chi connectivity index (χ2n) is 8.77. The van der Waals surface area contributed by atoms with Crippen molar-refractivity contribution < 1.29 is 14.3 Å². The van der Waals surface area contributed by atoms with Gasteiger partial charge in [-0.3, -0.25) is 24.0 Å². The lowest BCUT2D eigenvalue weighted by Crippen LogP contribution is -2.44. The lowest BCUT2D eigenvalue weighted by Gasteiger charge is -2.39. The fourth-order valence-corrected chi connectivity index (χ4v) is 5.16. The molecule has 2 N–H and O–H groups in total. The molecule has 160 valence electrons. The third kappa shape index (κ3) is 3.28. The van der Waals surface area contributed by atoms with Crippen molar-refractivity contribution in [2.45, 2.75) is 62.7 Å². The number of amides is 2. The molecule has 1 aliphatic carbocycles. The van der Waals surface area contributed by atoms with Crippen molar-refractivity contribution in [2.75, 3.05) is 13.1 Å². The Morgan fingerprint density at radius 3 is 2.53 bits per heavy atom. The third-order valence-corrected chi connectivity index (χ3v) is 6.86. The van der Waals surface area contributed by atoms with Crippen molar-refractivity contribution in [1.29, 1.82) is 0 Å². The number of nitrogens with one attached hydrogen (secondary N) is 2. The largest absolute Gasteiger partial charge is 0.375 e. The summed E-state index contributed by atoms with van der Waals surface area (Å²) in [6, 6.07) is 5.29. The molecular weight excluding hydrogens is 384 g/mol. The van der Waals surface area contributed by atoms with Crippen molar-refractivity contribution >= 4 is 22.8 Å². The van der Waals surface area contributed by atoms with Crippen LogP contribution in [0.1, 0.15) is 56.0 Å². The maximum Gasteiger partial charge on any atom is 0.329 e. The zero-order chi connectivity index (χ0) is 20.8. The molecule has 1 aromatic carbocycles. The van der Waals surface area contributed by atoms with Gasteiger partial charge in [-0.1, -0.05) is 12.1 Å². The Morgan fingerprint density at radius 1 is 1.03 bits per heavy atom. The highest BCUT2D eigenvalue weighted by Crippen LogP contribution is 2.42. The number of carbonyl (C=O) groups is 2. The van der Waals surface area contributed by atoms with E-state index in [1.807, 2.05) is 12.1 Å². The number of hydrogen-bond donors (Lipinski definition) is 2. The summed E-state index contributed by atoms with van der Waals surface area (Å²) in [5.74, 6) is -0.326. The van der Waals surface area contributed by atoms with Gasteiger partial charge in [0.2, 0.25) is 11.8 Å². The summed E-state index contributed by atoms with van der Waals surface area (Å²) in [5, 5.41) is 5.73. The minimum atomic E-state index is -0.647. The first-order valence-corrected chi connectivity index (χ1v) is 10.9. The number of imidazole rings is 1. The van der Waals surface area contributed by atoms with E-state index in [1.54, 1.807) is 16.2 Å². The van der Waals surface area contributed by atoms with E-state index in [-0.39, 0.29) is 24.1 Å². The lowest BCUT2D eigenvalue weighted by atomic mass is 9.77. The number of aromatic nitrogens is 2. The molecular formula is C22H28N4O4. The number of fused-ring (bicyclic) bond motifs is 1. The van der Waals surface area contributed by atoms with Gasteiger partial charge in [0.25, 0.3) is 0 Å². The Bertz CT molecular complexity index is 1040. The Hall–Kier alpha value is -2.45. The summed E-state index contributed by atoms with van der Waals surface area (Å²) in [6.45, 7) is 2.05. The summed E-state index contributed by atoms with van der Waals surface area (Å²) in [5.41, 5.74) is 2.58. The minimum Gasteiger partial charge on any atom is -0.375 e. The molecule has 30 heavy (non-hydrogen) atoms. The first kappa shape index (κ1) is 19.5. The smallest absolute Gasteiger partial charge is 0.329 e. The molecule has 2 amide bonds. The number of benzene rings is 1. The van der Waals surface area contributed by atoms with Crippen molar-refractivity contribution in [2.24, 2.45) is 7.05 Å². The van der Waals surface area contributed by atoms with Gasteiger partial charge in [-0.05, 0) is 62.7 Å². The molecule has 2 aliphatic heterocycles. The Labute approximate surface area is 174 Å². The number of aryl methyl sites for hydroxylation is 1. The van der Waals surface area contributed by atoms with Crippen LogP contribution in [0.5, 0.6) is 0 Å². The van der Waals surface area contributed by atoms with Crippen LogP contribution in [0.2, 0.25) is 0 Å². The van der Waals surface area contributed by atoms with Gasteiger partial charge in [0.1, 0.15) is 6.04 Å². The molecule has 1 atom stereocenters. The Kier molecular flexibility index (Phi) is 4.99. The van der Waals surface area contributed by atoms with Crippen LogP contribution in [0.25, 0.3) is 11.0 Å². The van der Waals surface area contributed by atoms with Gasteiger partial charge in [-0.15, -0.1) is 0 Å². The zero-order valence-corrected chi connectivity index (χ0v) is 17.2. The SMILES string of the molecule is Cn1c(=O)n(C2CCC(=O)NC2=O)c2cccc(C3CC(OC4CCNCC4)C3)c21. The van der Waals surface area contributed by atoms with Crippen molar-refractivity contribution in [3.63, 3.8) is 0 Å². The zero-order valence-electron chi connectivity index (χ0n) is 17.2. The van der Waals surface area contributed by atoms with Crippen LogP contribution in [-0.4, -0.2) is 46.2 Å². The summed E-state index contributed by atoms with van der Waals surface area (Å²) < 4.78 is 9.48. The molecule has 3 aliphatic rings. The van der Waals surface area contributed by atoms with Gasteiger partial charge in [-0.2, -0.15) is 0 Å². The average Bonchev–Trinajstić information content (AvgIpc) is 2.96. The molecule has 1 unspecified atom stereocenters. The van der Waals surface area contributed by atoms with Gasteiger partial charge >= 0.3 is 5.69 Å². The molecule has 3 fully saturated rings. The van der Waals surface area contributed by atoms with E-state index in [4.69, 9.17) is 4.74 Å². The van der Waals surface area contributed by atoms with E-state index in [9.17, 15) is 14.4 Å². The number of nitrogens with zero attached hydrogens (tertiary/aromatic N) is 2. The number of para-hydroxylation sites is 1. The molecule has 0 spiro atoms. The van der Waals surface area contributed by atoms with E-state index in [0.717, 1.165) is 55.4 Å². The highest BCUT2D eigenvalue weighted by atomic mass is 16.5. The molecule has 8 heteroatoms. The number of imide groups is 1. The summed E-state index contributed by atoms with van der Waals surface area (Å²) in [6.07, 6.45) is 5.29. The first-order chi connectivity index (χ1) is 14.5. The molecule has 3 heterocycles. The van der Waals surface area contributed by atoms with Crippen LogP contribution in [-0.2, 0) is 21.4 Å². The summed E-state index contributed by atoms with van der Waals surface area (Å²) >= 11 is 0. The van der Waals surface area contributed by atoms with Crippen LogP contribution < -0.4 is 16.3 Å². The van der Waals surface area contributed by atoms with E-state index in [1.165, 1.54) is 0 Å². The van der Waals surface area contributed by atoms with Crippen LogP contribution in [0.15, 0.2) is 23.0 Å². The first-order valence-electron chi connectivity index (χ1n) is 10.9. The molecule has 2 aromatic rings. The average molecular weight is 412 g/mol. The van der Waals surface area contributed by atoms with E-state index in [2.05, 4.69) is 16.7 Å². The predicted molar refractivity (Wildman–Crippen MR) is 111 cm³/mol. The number of rotatable bonds is 4. The second-order valence-corrected chi connectivity index (χ2v) is 8.77. The number of piperidine rings is 2. The maximum atomic E-state index is 13.1. The molecule has 0 radical (unpaired) electrons. The Balaban J connectivity index is 1.40. The third-order valence-electron chi connectivity index (χ3n) is 6.86. The monoisotopic (exact) mass is 412 g/mol. The van der Waals surface area contributed by atoms with E-state index in [0.29, 0.717) is 18.4 Å². The molecule has 2 saturated heterocycles. The van der Waals surface area contributed by atoms with Crippen LogP contribution in [0.3, 0.4) is 0 Å². The second kappa shape index (κ2) is 7.67. The van der Waals surface area contributed by atoms with Crippen molar-refractivity contribution in [3.8, 4) is 0 Å². The molecule has 8 nitrogen and oxygen atoms in total. The standard InChI is InChI=1S/C22H28N4O4/c1-25-20-16(13-11-15(12-13)30-14-7-9-23-10-8-14)3-2-4-17(20)26(22(25)29)18-5-6-19(27)24-21(18)28/h2-4,13-15,18,23H,5-12H2,1H3,(H,24,27,28). The van der Waals surface area contributed by atoms with Gasteiger partial charge in [-0.25, -0.2) is 4.79 Å². The topological polar surface area (TPSA) is 94.4 Å². The summed E-state index contributed by atoms with van der Waals surface area (Å²) in [7, 11) is 1.76.